The Morgan fingerprint density at radius 2 is 1.68 bits per heavy atom. The fraction of sp³-hybridized carbons (Fsp3) is 0.429. The monoisotopic (exact) mass is 522 g/mol. The van der Waals surface area contributed by atoms with Crippen molar-refractivity contribution in [2.45, 2.75) is 53.2 Å². The van der Waals surface area contributed by atoms with Gasteiger partial charge >= 0.3 is 0 Å². The van der Waals surface area contributed by atoms with Gasteiger partial charge < -0.3 is 9.88 Å². The Morgan fingerprint density at radius 3 is 2.34 bits per heavy atom. The molecule has 0 spiro atoms. The molecule has 1 aliphatic rings. The number of hydrogen-bond donors (Lipinski definition) is 1. The zero-order valence-corrected chi connectivity index (χ0v) is 22.5. The van der Waals surface area contributed by atoms with Crippen molar-refractivity contribution in [2.75, 3.05) is 31.5 Å². The molecule has 1 aliphatic heterocycles. The van der Waals surface area contributed by atoms with Crippen molar-refractivity contribution >= 4 is 22.7 Å². The summed E-state index contributed by atoms with van der Waals surface area (Å²) in [6, 6.07) is 7.53. The van der Waals surface area contributed by atoms with E-state index in [9.17, 15) is 8.78 Å². The molecule has 0 atom stereocenters. The van der Waals surface area contributed by atoms with Gasteiger partial charge in [-0.25, -0.2) is 23.7 Å². The molecule has 3 aromatic heterocycles. The number of pyridine rings is 1. The number of nitrogens with zero attached hydrogens (tertiary/aromatic N) is 7. The fourth-order valence-electron chi connectivity index (χ4n) is 5.08. The molecular formula is C28H36F2N8. The Kier molecular flexibility index (Phi) is 7.36. The summed E-state index contributed by atoms with van der Waals surface area (Å²) in [4.78, 5) is 22.3. The van der Waals surface area contributed by atoms with Crippen LogP contribution in [0.5, 0.6) is 0 Å². The van der Waals surface area contributed by atoms with Crippen molar-refractivity contribution in [3.8, 4) is 11.3 Å². The smallest absolute Gasteiger partial charge is 0.227 e. The molecule has 5 rings (SSSR count). The zero-order chi connectivity index (χ0) is 27.0. The van der Waals surface area contributed by atoms with Gasteiger partial charge in [0.05, 0.1) is 29.3 Å². The molecule has 0 saturated carbocycles. The molecule has 0 radical (unpaired) electrons. The van der Waals surface area contributed by atoms with Crippen molar-refractivity contribution in [1.29, 1.82) is 0 Å². The lowest BCUT2D eigenvalue weighted by molar-refractivity contribution is 0.103. The number of aromatic nitrogens is 5. The first kappa shape index (κ1) is 26.1. The molecule has 0 aliphatic carbocycles. The molecule has 10 heteroatoms. The topological polar surface area (TPSA) is 75.0 Å². The molecule has 1 fully saturated rings. The number of hydrogen-bond acceptors (Lipinski definition) is 7. The van der Waals surface area contributed by atoms with E-state index in [0.29, 0.717) is 28.6 Å². The van der Waals surface area contributed by atoms with Gasteiger partial charge in [-0.1, -0.05) is 0 Å². The molecule has 0 unspecified atom stereocenters. The second-order valence-corrected chi connectivity index (χ2v) is 10.4. The maximum atomic E-state index is 15.0. The van der Waals surface area contributed by atoms with Gasteiger partial charge in [-0.15, -0.1) is 0 Å². The number of aryl methyl sites for hydroxylation is 1. The normalized spacial score (nSPS) is 15.2. The van der Waals surface area contributed by atoms with Crippen LogP contribution in [0.2, 0.25) is 0 Å². The van der Waals surface area contributed by atoms with Gasteiger partial charge in [0, 0.05) is 51.8 Å². The van der Waals surface area contributed by atoms with E-state index in [1.807, 2.05) is 37.5 Å². The van der Waals surface area contributed by atoms with Crippen LogP contribution in [0.1, 0.15) is 46.7 Å². The van der Waals surface area contributed by atoms with Crippen LogP contribution in [-0.4, -0.2) is 66.5 Å². The van der Waals surface area contributed by atoms with E-state index in [0.717, 1.165) is 44.6 Å². The van der Waals surface area contributed by atoms with E-state index < -0.39 is 11.6 Å². The second-order valence-electron chi connectivity index (χ2n) is 10.4. The van der Waals surface area contributed by atoms with Gasteiger partial charge in [0.15, 0.2) is 11.6 Å². The minimum atomic E-state index is -0.632. The van der Waals surface area contributed by atoms with Gasteiger partial charge in [-0.2, -0.15) is 0 Å². The maximum absolute atomic E-state index is 15.0. The quantitative estimate of drug-likeness (QED) is 0.340. The number of halogens is 2. The summed E-state index contributed by atoms with van der Waals surface area (Å²) in [6.07, 6.45) is 2.82. The highest BCUT2D eigenvalue weighted by atomic mass is 19.1. The summed E-state index contributed by atoms with van der Waals surface area (Å²) in [5.74, 6) is -0.245. The number of rotatable bonds is 7. The highest BCUT2D eigenvalue weighted by Crippen LogP contribution is 2.30. The lowest BCUT2D eigenvalue weighted by atomic mass is 10.1. The predicted octanol–water partition coefficient (Wildman–Crippen LogP) is 5.57. The molecule has 1 N–H and O–H groups in total. The highest BCUT2D eigenvalue weighted by molar-refractivity contribution is 5.83. The number of anilines is 2. The van der Waals surface area contributed by atoms with Crippen molar-refractivity contribution < 1.29 is 10.2 Å². The third-order valence-corrected chi connectivity index (χ3v) is 7.06. The molecule has 0 bridgehead atoms. The Hall–Kier alpha value is -3.50. The lowest BCUT2D eigenvalue weighted by Crippen LogP contribution is -2.48. The standard InChI is InChI=1S/C28H34F2N8.H2/c1-17(2)37-10-8-36(9-11-37)16-22-7-6-21(14-31-22)34-28-32-15-24(30)26(35-28)20-12-23(29)27-25(13-20)38(18(3)4)19(5)33-27;/h6-7,12-15,17-18H,8-11,16H2,1-5H3,(H,32,34,35);1H. The second kappa shape index (κ2) is 10.7. The average Bonchev–Trinajstić information content (AvgIpc) is 3.23. The molecular weight excluding hydrogens is 486 g/mol. The SMILES string of the molecule is Cc1nc2c(F)cc(-c3nc(Nc4ccc(CN5CCN(C(C)C)CC5)nc4)ncc3F)cc2n1C(C)C.[HH]. The van der Waals surface area contributed by atoms with Crippen LogP contribution < -0.4 is 5.32 Å². The molecule has 4 aromatic rings. The Morgan fingerprint density at radius 1 is 0.921 bits per heavy atom. The largest absolute Gasteiger partial charge is 0.326 e. The molecule has 1 saturated heterocycles. The number of piperazine rings is 1. The van der Waals surface area contributed by atoms with Crippen molar-refractivity contribution in [3.05, 3.63) is 59.8 Å². The maximum Gasteiger partial charge on any atom is 0.227 e. The number of imidazole rings is 1. The Bertz CT molecular complexity index is 1430. The summed E-state index contributed by atoms with van der Waals surface area (Å²) in [6.45, 7) is 15.3. The molecule has 8 nitrogen and oxygen atoms in total. The van der Waals surface area contributed by atoms with Gasteiger partial charge in [-0.3, -0.25) is 14.8 Å². The van der Waals surface area contributed by atoms with E-state index in [1.165, 1.54) is 6.07 Å². The van der Waals surface area contributed by atoms with Crippen LogP contribution in [0, 0.1) is 18.6 Å². The van der Waals surface area contributed by atoms with Gasteiger partial charge in [0.1, 0.15) is 17.0 Å². The van der Waals surface area contributed by atoms with Crippen LogP contribution in [0.15, 0.2) is 36.7 Å². The summed E-state index contributed by atoms with van der Waals surface area (Å²) in [5.41, 5.74) is 2.88. The number of fused-ring (bicyclic) bond motifs is 1. The lowest BCUT2D eigenvalue weighted by Gasteiger charge is -2.36. The molecule has 0 amide bonds. The molecule has 4 heterocycles. The van der Waals surface area contributed by atoms with Gasteiger partial charge in [0.25, 0.3) is 0 Å². The van der Waals surface area contributed by atoms with E-state index in [1.54, 1.807) is 12.3 Å². The van der Waals surface area contributed by atoms with E-state index in [-0.39, 0.29) is 24.6 Å². The summed E-state index contributed by atoms with van der Waals surface area (Å²) in [7, 11) is 0. The van der Waals surface area contributed by atoms with E-state index in [2.05, 4.69) is 48.9 Å². The molecule has 202 valence electrons. The summed E-state index contributed by atoms with van der Waals surface area (Å²) < 4.78 is 31.7. The van der Waals surface area contributed by atoms with Crippen LogP contribution in [0.25, 0.3) is 22.3 Å². The number of nitrogens with one attached hydrogen (secondary N) is 1. The number of benzene rings is 1. The molecule has 1 aromatic carbocycles. The minimum absolute atomic E-state index is 0. The first-order valence-electron chi connectivity index (χ1n) is 13.1. The first-order chi connectivity index (χ1) is 18.2. The summed E-state index contributed by atoms with van der Waals surface area (Å²) >= 11 is 0. The van der Waals surface area contributed by atoms with Crippen LogP contribution >= 0.6 is 0 Å². The van der Waals surface area contributed by atoms with Crippen molar-refractivity contribution in [1.82, 2.24) is 34.3 Å². The predicted molar refractivity (Wildman–Crippen MR) is 147 cm³/mol. The van der Waals surface area contributed by atoms with E-state index >= 15 is 0 Å². The first-order valence-corrected chi connectivity index (χ1v) is 13.1. The van der Waals surface area contributed by atoms with Crippen LogP contribution in [0.4, 0.5) is 20.4 Å². The Labute approximate surface area is 223 Å². The fourth-order valence-corrected chi connectivity index (χ4v) is 5.08. The van der Waals surface area contributed by atoms with Gasteiger partial charge in [-0.05, 0) is 58.9 Å². The van der Waals surface area contributed by atoms with Crippen LogP contribution in [0.3, 0.4) is 0 Å². The minimum Gasteiger partial charge on any atom is -0.326 e. The summed E-state index contributed by atoms with van der Waals surface area (Å²) in [5, 5.41) is 3.09. The third kappa shape index (κ3) is 5.37. The van der Waals surface area contributed by atoms with Gasteiger partial charge in [0.2, 0.25) is 5.95 Å². The van der Waals surface area contributed by atoms with Crippen molar-refractivity contribution in [2.24, 2.45) is 0 Å². The average molecular weight is 523 g/mol. The van der Waals surface area contributed by atoms with Crippen molar-refractivity contribution in [3.63, 3.8) is 0 Å². The van der Waals surface area contributed by atoms with Crippen LogP contribution in [-0.2, 0) is 6.54 Å². The third-order valence-electron chi connectivity index (χ3n) is 7.06. The van der Waals surface area contributed by atoms with E-state index in [4.69, 9.17) is 0 Å². The molecule has 38 heavy (non-hydrogen) atoms. The Balaban J connectivity index is 0.00000353. The highest BCUT2D eigenvalue weighted by Gasteiger charge is 2.20. The zero-order valence-electron chi connectivity index (χ0n) is 22.5.